The number of nitrogens with zero attached hydrogens (tertiary/aromatic N) is 1. The molecule has 1 N–H and O–H groups in total. The highest BCUT2D eigenvalue weighted by Crippen LogP contribution is 2.32. The van der Waals surface area contributed by atoms with Crippen LogP contribution < -0.4 is 19.1 Å². The number of carbonyl (C=O) groups excluding carboxylic acids is 1. The average Bonchev–Trinajstić information content (AvgIpc) is 2.79. The van der Waals surface area contributed by atoms with Crippen molar-refractivity contribution < 1.29 is 22.7 Å². The van der Waals surface area contributed by atoms with Crippen LogP contribution in [0, 0.1) is 13.8 Å². The zero-order chi connectivity index (χ0) is 23.5. The van der Waals surface area contributed by atoms with E-state index in [1.54, 1.807) is 50.4 Å². The van der Waals surface area contributed by atoms with Gasteiger partial charge >= 0.3 is 0 Å². The molecule has 32 heavy (non-hydrogen) atoms. The zero-order valence-corrected chi connectivity index (χ0v) is 19.5. The van der Waals surface area contributed by atoms with Gasteiger partial charge in [-0.05, 0) is 55.8 Å². The maximum atomic E-state index is 13.2. The Balaban J connectivity index is 1.92. The second kappa shape index (κ2) is 9.32. The Kier molecular flexibility index (Phi) is 6.74. The molecule has 168 valence electrons. The lowest BCUT2D eigenvalue weighted by atomic mass is 10.1. The lowest BCUT2D eigenvalue weighted by Crippen LogP contribution is -2.27. The summed E-state index contributed by atoms with van der Waals surface area (Å²) in [6.07, 6.45) is 0. The van der Waals surface area contributed by atoms with Crippen LogP contribution in [0.3, 0.4) is 0 Å². The molecule has 0 unspecified atom stereocenters. The molecule has 0 radical (unpaired) electrons. The Morgan fingerprint density at radius 2 is 1.53 bits per heavy atom. The monoisotopic (exact) mass is 454 g/mol. The van der Waals surface area contributed by atoms with Crippen molar-refractivity contribution in [2.75, 3.05) is 30.9 Å². The van der Waals surface area contributed by atoms with Gasteiger partial charge in [-0.25, -0.2) is 8.42 Å². The normalized spacial score (nSPS) is 11.0. The molecule has 0 saturated carbocycles. The summed E-state index contributed by atoms with van der Waals surface area (Å²) in [6, 6.07) is 16.6. The van der Waals surface area contributed by atoms with E-state index < -0.39 is 10.0 Å². The van der Waals surface area contributed by atoms with E-state index in [9.17, 15) is 13.2 Å². The standard InChI is InChI=1S/C24H26N2O5S/c1-16-6-9-18(10-7-16)25-32(28,29)20-12-8-17(2)21(15-20)24(27)26(3)19-11-13-22(30-4)23(14-19)31-5/h6-15,25H,1-5H3. The van der Waals surface area contributed by atoms with Gasteiger partial charge in [-0.3, -0.25) is 9.52 Å². The number of methoxy groups -OCH3 is 2. The fraction of sp³-hybridized carbons (Fsp3) is 0.208. The van der Waals surface area contributed by atoms with E-state index in [1.165, 1.54) is 31.3 Å². The first-order valence-electron chi connectivity index (χ1n) is 9.86. The van der Waals surface area contributed by atoms with Crippen molar-refractivity contribution in [1.29, 1.82) is 0 Å². The molecule has 1 amide bonds. The Morgan fingerprint density at radius 1 is 0.875 bits per heavy atom. The molecule has 0 fully saturated rings. The summed E-state index contributed by atoms with van der Waals surface area (Å²) in [7, 11) is 0.804. The molecule has 7 nitrogen and oxygen atoms in total. The number of amides is 1. The number of hydrogen-bond donors (Lipinski definition) is 1. The van der Waals surface area contributed by atoms with E-state index in [-0.39, 0.29) is 16.4 Å². The van der Waals surface area contributed by atoms with Gasteiger partial charge in [-0.2, -0.15) is 0 Å². The predicted octanol–water partition coefficient (Wildman–Crippen LogP) is 4.40. The molecule has 3 aromatic carbocycles. The second-order valence-electron chi connectivity index (χ2n) is 7.35. The molecule has 8 heteroatoms. The molecular formula is C24H26N2O5S. The van der Waals surface area contributed by atoms with Crippen LogP contribution in [0.4, 0.5) is 11.4 Å². The van der Waals surface area contributed by atoms with Crippen LogP contribution in [0.2, 0.25) is 0 Å². The first-order chi connectivity index (χ1) is 15.2. The van der Waals surface area contributed by atoms with Crippen LogP contribution in [0.25, 0.3) is 0 Å². The summed E-state index contributed by atoms with van der Waals surface area (Å²) < 4.78 is 38.9. The first-order valence-corrected chi connectivity index (χ1v) is 11.3. The maximum Gasteiger partial charge on any atom is 0.261 e. The smallest absolute Gasteiger partial charge is 0.261 e. The predicted molar refractivity (Wildman–Crippen MR) is 125 cm³/mol. The molecule has 3 rings (SSSR count). The number of ether oxygens (including phenoxy) is 2. The van der Waals surface area contributed by atoms with Crippen LogP contribution >= 0.6 is 0 Å². The first kappa shape index (κ1) is 23.1. The van der Waals surface area contributed by atoms with Crippen molar-refractivity contribution in [2.45, 2.75) is 18.7 Å². The fourth-order valence-corrected chi connectivity index (χ4v) is 4.25. The van der Waals surface area contributed by atoms with Crippen molar-refractivity contribution in [3.05, 3.63) is 77.4 Å². The number of anilines is 2. The molecule has 0 aliphatic carbocycles. The number of carbonyl (C=O) groups is 1. The highest BCUT2D eigenvalue weighted by Gasteiger charge is 2.21. The third-order valence-corrected chi connectivity index (χ3v) is 6.49. The molecule has 3 aromatic rings. The summed E-state index contributed by atoms with van der Waals surface area (Å²) in [5.41, 5.74) is 3.00. The summed E-state index contributed by atoms with van der Waals surface area (Å²) in [5, 5.41) is 0. The average molecular weight is 455 g/mol. The number of rotatable bonds is 7. The maximum absolute atomic E-state index is 13.2. The van der Waals surface area contributed by atoms with E-state index in [0.29, 0.717) is 28.4 Å². The minimum Gasteiger partial charge on any atom is -0.493 e. The largest absolute Gasteiger partial charge is 0.493 e. The Bertz CT molecular complexity index is 1240. The Hall–Kier alpha value is -3.52. The van der Waals surface area contributed by atoms with Gasteiger partial charge in [0.15, 0.2) is 11.5 Å². The van der Waals surface area contributed by atoms with E-state index in [4.69, 9.17) is 9.47 Å². The number of benzene rings is 3. The topological polar surface area (TPSA) is 84.9 Å². The quantitative estimate of drug-likeness (QED) is 0.572. The number of sulfonamides is 1. The lowest BCUT2D eigenvalue weighted by Gasteiger charge is -2.20. The fourth-order valence-electron chi connectivity index (χ4n) is 3.17. The minimum absolute atomic E-state index is 0.00716. The van der Waals surface area contributed by atoms with Crippen LogP contribution in [-0.2, 0) is 10.0 Å². The third-order valence-electron chi connectivity index (χ3n) is 5.11. The van der Waals surface area contributed by atoms with Gasteiger partial charge < -0.3 is 14.4 Å². The molecule has 0 aliphatic heterocycles. The summed E-state index contributed by atoms with van der Waals surface area (Å²) in [6.45, 7) is 3.69. The van der Waals surface area contributed by atoms with E-state index in [1.807, 2.05) is 19.1 Å². The lowest BCUT2D eigenvalue weighted by molar-refractivity contribution is 0.0992. The second-order valence-corrected chi connectivity index (χ2v) is 9.03. The molecule has 0 spiro atoms. The highest BCUT2D eigenvalue weighted by atomic mass is 32.2. The summed E-state index contributed by atoms with van der Waals surface area (Å²) in [5.74, 6) is 0.686. The van der Waals surface area contributed by atoms with Gasteiger partial charge in [0.05, 0.1) is 19.1 Å². The van der Waals surface area contributed by atoms with Crippen LogP contribution in [-0.4, -0.2) is 35.6 Å². The van der Waals surface area contributed by atoms with Gasteiger partial charge in [0.1, 0.15) is 0 Å². The molecule has 0 atom stereocenters. The zero-order valence-electron chi connectivity index (χ0n) is 18.7. The van der Waals surface area contributed by atoms with E-state index >= 15 is 0 Å². The van der Waals surface area contributed by atoms with Gasteiger partial charge in [0.2, 0.25) is 0 Å². The van der Waals surface area contributed by atoms with Crippen molar-refractivity contribution >= 4 is 27.3 Å². The molecule has 0 heterocycles. The van der Waals surface area contributed by atoms with Crippen LogP contribution in [0.15, 0.2) is 65.6 Å². The van der Waals surface area contributed by atoms with Crippen molar-refractivity contribution in [2.24, 2.45) is 0 Å². The number of aryl methyl sites for hydroxylation is 2. The highest BCUT2D eigenvalue weighted by molar-refractivity contribution is 7.92. The number of nitrogens with one attached hydrogen (secondary N) is 1. The van der Waals surface area contributed by atoms with Gasteiger partial charge in [-0.15, -0.1) is 0 Å². The SMILES string of the molecule is COc1ccc(N(C)C(=O)c2cc(S(=O)(=O)Nc3ccc(C)cc3)ccc2C)cc1OC. The van der Waals surface area contributed by atoms with Crippen molar-refractivity contribution in [3.63, 3.8) is 0 Å². The van der Waals surface area contributed by atoms with Gasteiger partial charge in [0, 0.05) is 30.1 Å². The van der Waals surface area contributed by atoms with E-state index in [2.05, 4.69) is 4.72 Å². The van der Waals surface area contributed by atoms with Crippen LogP contribution in [0.5, 0.6) is 11.5 Å². The molecule has 0 saturated heterocycles. The number of hydrogen-bond acceptors (Lipinski definition) is 5. The summed E-state index contributed by atoms with van der Waals surface area (Å²) in [4.78, 5) is 14.7. The molecule has 0 aromatic heterocycles. The molecule has 0 bridgehead atoms. The van der Waals surface area contributed by atoms with E-state index in [0.717, 1.165) is 5.56 Å². The Labute approximate surface area is 188 Å². The van der Waals surface area contributed by atoms with Crippen molar-refractivity contribution in [3.8, 4) is 11.5 Å². The van der Waals surface area contributed by atoms with Gasteiger partial charge in [0.25, 0.3) is 15.9 Å². The van der Waals surface area contributed by atoms with Gasteiger partial charge in [-0.1, -0.05) is 23.8 Å². The van der Waals surface area contributed by atoms with Crippen molar-refractivity contribution in [1.82, 2.24) is 0 Å². The molecular weight excluding hydrogens is 428 g/mol. The Morgan fingerprint density at radius 3 is 2.16 bits per heavy atom. The van der Waals surface area contributed by atoms with Crippen LogP contribution in [0.1, 0.15) is 21.5 Å². The molecule has 0 aliphatic rings. The summed E-state index contributed by atoms with van der Waals surface area (Å²) >= 11 is 0. The minimum atomic E-state index is -3.87. The third kappa shape index (κ3) is 4.86.